The van der Waals surface area contributed by atoms with Crippen molar-refractivity contribution in [1.29, 1.82) is 0 Å². The molecular formula is C15H17F3O. The number of benzene rings is 1. The smallest absolute Gasteiger partial charge is 0.294 e. The minimum atomic E-state index is -4.39. The fraction of sp³-hybridized carbons (Fsp3) is 0.533. The normalized spacial score (nSPS) is 16.8. The van der Waals surface area contributed by atoms with Crippen molar-refractivity contribution in [3.05, 3.63) is 35.4 Å². The maximum Gasteiger partial charge on any atom is 0.416 e. The molecule has 1 aromatic rings. The van der Waals surface area contributed by atoms with Gasteiger partial charge in [0.2, 0.25) is 0 Å². The molecule has 4 heteroatoms. The van der Waals surface area contributed by atoms with Crippen molar-refractivity contribution in [2.75, 3.05) is 0 Å². The van der Waals surface area contributed by atoms with Crippen LogP contribution in [0.4, 0.5) is 13.2 Å². The molecular weight excluding hydrogens is 253 g/mol. The van der Waals surface area contributed by atoms with Crippen LogP contribution in [0.2, 0.25) is 0 Å². The topological polar surface area (TPSA) is 17.1 Å². The number of rotatable bonds is 4. The lowest BCUT2D eigenvalue weighted by Crippen LogP contribution is -2.08. The Morgan fingerprint density at radius 1 is 1.21 bits per heavy atom. The Morgan fingerprint density at radius 3 is 2.53 bits per heavy atom. The summed E-state index contributed by atoms with van der Waals surface area (Å²) >= 11 is 0. The number of alkyl halides is 3. The van der Waals surface area contributed by atoms with Gasteiger partial charge in [-0.2, -0.15) is 13.2 Å². The predicted molar refractivity (Wildman–Crippen MR) is 67.0 cm³/mol. The van der Waals surface area contributed by atoms with Crippen LogP contribution in [0, 0.1) is 5.92 Å². The lowest BCUT2D eigenvalue weighted by molar-refractivity contribution is -0.137. The summed E-state index contributed by atoms with van der Waals surface area (Å²) in [6.07, 6.45) is 1.49. The van der Waals surface area contributed by atoms with E-state index in [-0.39, 0.29) is 11.3 Å². The minimum absolute atomic E-state index is 0.174. The van der Waals surface area contributed by atoms with Gasteiger partial charge >= 0.3 is 6.18 Å². The largest absolute Gasteiger partial charge is 0.416 e. The number of hydrogen-bond acceptors (Lipinski definition) is 1. The molecule has 1 aromatic carbocycles. The number of ketones is 1. The standard InChI is InChI=1S/C15H17F3O/c16-15(17,18)13-7-3-6-12(10-13)14(19)9-8-11-4-1-2-5-11/h3,6-7,10-11H,1-2,4-5,8-9H2. The van der Waals surface area contributed by atoms with Gasteiger partial charge in [-0.3, -0.25) is 4.79 Å². The van der Waals surface area contributed by atoms with Crippen molar-refractivity contribution < 1.29 is 18.0 Å². The Bertz CT molecular complexity index is 445. The lowest BCUT2D eigenvalue weighted by Gasteiger charge is -2.10. The maximum atomic E-state index is 12.6. The van der Waals surface area contributed by atoms with Gasteiger partial charge < -0.3 is 0 Å². The van der Waals surface area contributed by atoms with E-state index in [9.17, 15) is 18.0 Å². The Labute approximate surface area is 110 Å². The summed E-state index contributed by atoms with van der Waals surface area (Å²) in [5.41, 5.74) is -0.577. The quantitative estimate of drug-likeness (QED) is 0.714. The average molecular weight is 270 g/mol. The zero-order valence-electron chi connectivity index (χ0n) is 10.7. The van der Waals surface area contributed by atoms with Crippen molar-refractivity contribution in [1.82, 2.24) is 0 Å². The van der Waals surface area contributed by atoms with E-state index in [0.717, 1.165) is 31.4 Å². The summed E-state index contributed by atoms with van der Waals surface area (Å²) in [4.78, 5) is 11.9. The first-order chi connectivity index (χ1) is 8.97. The molecule has 0 heterocycles. The van der Waals surface area contributed by atoms with Crippen LogP contribution < -0.4 is 0 Å². The van der Waals surface area contributed by atoms with E-state index in [0.29, 0.717) is 12.3 Å². The van der Waals surface area contributed by atoms with Gasteiger partial charge in [-0.05, 0) is 24.5 Å². The van der Waals surface area contributed by atoms with Crippen LogP contribution in [0.3, 0.4) is 0 Å². The highest BCUT2D eigenvalue weighted by Gasteiger charge is 2.30. The lowest BCUT2D eigenvalue weighted by atomic mass is 9.97. The predicted octanol–water partition coefficient (Wildman–Crippen LogP) is 4.86. The SMILES string of the molecule is O=C(CCC1CCCC1)c1cccc(C(F)(F)F)c1. The Balaban J connectivity index is 1.98. The first-order valence-corrected chi connectivity index (χ1v) is 6.67. The summed E-state index contributed by atoms with van der Waals surface area (Å²) in [7, 11) is 0. The van der Waals surface area contributed by atoms with E-state index in [1.54, 1.807) is 0 Å². The van der Waals surface area contributed by atoms with Gasteiger partial charge in [0.1, 0.15) is 0 Å². The number of Topliss-reactive ketones (excluding diaryl/α,β-unsaturated/α-hetero) is 1. The van der Waals surface area contributed by atoms with Crippen molar-refractivity contribution in [3.8, 4) is 0 Å². The second-order valence-corrected chi connectivity index (χ2v) is 5.19. The molecule has 19 heavy (non-hydrogen) atoms. The number of hydrogen-bond donors (Lipinski definition) is 0. The molecule has 0 N–H and O–H groups in total. The summed E-state index contributed by atoms with van der Waals surface area (Å²) in [5.74, 6) is 0.396. The first-order valence-electron chi connectivity index (χ1n) is 6.67. The van der Waals surface area contributed by atoms with Gasteiger partial charge in [0, 0.05) is 12.0 Å². The van der Waals surface area contributed by atoms with Gasteiger partial charge in [-0.15, -0.1) is 0 Å². The molecule has 0 bridgehead atoms. The molecule has 0 saturated heterocycles. The summed E-state index contributed by atoms with van der Waals surface area (Å²) in [6.45, 7) is 0. The van der Waals surface area contributed by atoms with Gasteiger partial charge in [0.15, 0.2) is 5.78 Å². The van der Waals surface area contributed by atoms with Crippen LogP contribution in [0.1, 0.15) is 54.4 Å². The molecule has 1 nitrogen and oxygen atoms in total. The molecule has 2 rings (SSSR count). The minimum Gasteiger partial charge on any atom is -0.294 e. The van der Waals surface area contributed by atoms with Gasteiger partial charge in [-0.25, -0.2) is 0 Å². The summed E-state index contributed by atoms with van der Waals surface area (Å²) < 4.78 is 37.7. The van der Waals surface area contributed by atoms with Crippen molar-refractivity contribution in [2.45, 2.75) is 44.7 Å². The molecule has 1 saturated carbocycles. The van der Waals surface area contributed by atoms with E-state index in [1.807, 2.05) is 0 Å². The van der Waals surface area contributed by atoms with Crippen LogP contribution in [0.15, 0.2) is 24.3 Å². The van der Waals surface area contributed by atoms with E-state index in [1.165, 1.54) is 25.0 Å². The van der Waals surface area contributed by atoms with Crippen molar-refractivity contribution in [2.24, 2.45) is 5.92 Å². The highest BCUT2D eigenvalue weighted by molar-refractivity contribution is 5.96. The van der Waals surface area contributed by atoms with Crippen LogP contribution in [-0.2, 0) is 6.18 Å². The van der Waals surface area contributed by atoms with Gasteiger partial charge in [-0.1, -0.05) is 37.8 Å². The van der Waals surface area contributed by atoms with Crippen LogP contribution >= 0.6 is 0 Å². The third-order valence-corrected chi connectivity index (χ3v) is 3.77. The summed E-state index contributed by atoms with van der Waals surface area (Å²) in [6, 6.07) is 4.71. The Morgan fingerprint density at radius 2 is 1.89 bits per heavy atom. The fourth-order valence-electron chi connectivity index (χ4n) is 2.65. The van der Waals surface area contributed by atoms with Crippen LogP contribution in [0.5, 0.6) is 0 Å². The zero-order chi connectivity index (χ0) is 13.9. The maximum absolute atomic E-state index is 12.6. The second-order valence-electron chi connectivity index (χ2n) is 5.19. The van der Waals surface area contributed by atoms with Crippen molar-refractivity contribution >= 4 is 5.78 Å². The molecule has 0 aromatic heterocycles. The molecule has 0 radical (unpaired) electrons. The molecule has 0 amide bonds. The van der Waals surface area contributed by atoms with E-state index >= 15 is 0 Å². The third-order valence-electron chi connectivity index (χ3n) is 3.77. The van der Waals surface area contributed by atoms with E-state index in [4.69, 9.17) is 0 Å². The third kappa shape index (κ3) is 3.82. The highest BCUT2D eigenvalue weighted by atomic mass is 19.4. The molecule has 1 aliphatic carbocycles. The van der Waals surface area contributed by atoms with Crippen LogP contribution in [-0.4, -0.2) is 5.78 Å². The molecule has 1 aliphatic rings. The highest BCUT2D eigenvalue weighted by Crippen LogP contribution is 2.31. The zero-order valence-corrected chi connectivity index (χ0v) is 10.7. The Hall–Kier alpha value is -1.32. The van der Waals surface area contributed by atoms with Gasteiger partial charge in [0.05, 0.1) is 5.56 Å². The number of halogens is 3. The van der Waals surface area contributed by atoms with Gasteiger partial charge in [0.25, 0.3) is 0 Å². The van der Waals surface area contributed by atoms with Crippen LogP contribution in [0.25, 0.3) is 0 Å². The molecule has 0 spiro atoms. The molecule has 0 unspecified atom stereocenters. The Kier molecular flexibility index (Phi) is 4.27. The monoisotopic (exact) mass is 270 g/mol. The molecule has 104 valence electrons. The number of carbonyl (C=O) groups excluding carboxylic acids is 1. The molecule has 1 fully saturated rings. The number of carbonyl (C=O) groups is 1. The fourth-order valence-corrected chi connectivity index (χ4v) is 2.65. The molecule has 0 atom stereocenters. The van der Waals surface area contributed by atoms with Crippen molar-refractivity contribution in [3.63, 3.8) is 0 Å². The van der Waals surface area contributed by atoms with E-state index < -0.39 is 11.7 Å². The average Bonchev–Trinajstić information content (AvgIpc) is 2.88. The first kappa shape index (κ1) is 14.1. The second kappa shape index (κ2) is 5.76. The summed E-state index contributed by atoms with van der Waals surface area (Å²) in [5, 5.41) is 0. The van der Waals surface area contributed by atoms with E-state index in [2.05, 4.69) is 0 Å². The molecule has 0 aliphatic heterocycles.